The summed E-state index contributed by atoms with van der Waals surface area (Å²) in [5.41, 5.74) is 0.568. The number of Topliss-reactive ketones (excluding diaryl/α,β-unsaturated/α-hetero) is 2. The minimum absolute atomic E-state index is 0.0517. The first-order valence-electron chi connectivity index (χ1n) is 10.1. The van der Waals surface area contributed by atoms with E-state index in [2.05, 4.69) is 25.1 Å². The summed E-state index contributed by atoms with van der Waals surface area (Å²) >= 11 is 0. The van der Waals surface area contributed by atoms with Crippen LogP contribution in [0.4, 0.5) is 4.79 Å². The first-order chi connectivity index (χ1) is 13.4. The summed E-state index contributed by atoms with van der Waals surface area (Å²) in [5.74, 6) is -0.232. The maximum atomic E-state index is 11.9. The maximum Gasteiger partial charge on any atom is 0.407 e. The molecule has 0 unspecified atom stereocenters. The van der Waals surface area contributed by atoms with Crippen LogP contribution in [0, 0.1) is 5.41 Å². The minimum atomic E-state index is -0.511. The summed E-state index contributed by atoms with van der Waals surface area (Å²) < 4.78 is 5.26. The van der Waals surface area contributed by atoms with Crippen molar-refractivity contribution >= 4 is 17.7 Å². The highest BCUT2D eigenvalue weighted by molar-refractivity contribution is 6.21. The lowest BCUT2D eigenvalue weighted by Gasteiger charge is -2.42. The quantitative estimate of drug-likeness (QED) is 0.399. The fourth-order valence-electron chi connectivity index (χ4n) is 3.57. The average molecular weight is 402 g/mol. The second-order valence-corrected chi connectivity index (χ2v) is 8.95. The smallest absolute Gasteiger partial charge is 0.407 e. The van der Waals surface area contributed by atoms with Crippen LogP contribution >= 0.6 is 0 Å². The van der Waals surface area contributed by atoms with Crippen molar-refractivity contribution < 1.29 is 19.1 Å². The molecule has 0 aliphatic heterocycles. The highest BCUT2D eigenvalue weighted by atomic mass is 16.6. The van der Waals surface area contributed by atoms with Gasteiger partial charge < -0.3 is 10.1 Å². The number of hydrogen-bond acceptors (Lipinski definition) is 4. The molecule has 0 aromatic rings. The number of allylic oxidation sites excluding steroid dienone is 5. The fraction of sp³-hybridized carbons (Fsp3) is 0.542. The third-order valence-electron chi connectivity index (χ3n) is 5.21. The number of nitrogens with one attached hydrogen (secondary N) is 1. The molecule has 0 saturated heterocycles. The third-order valence-corrected chi connectivity index (χ3v) is 5.21. The highest BCUT2D eigenvalue weighted by Gasteiger charge is 2.43. The van der Waals surface area contributed by atoms with Crippen molar-refractivity contribution in [3.8, 4) is 0 Å². The predicted molar refractivity (Wildman–Crippen MR) is 117 cm³/mol. The highest BCUT2D eigenvalue weighted by Crippen LogP contribution is 2.46. The Labute approximate surface area is 175 Å². The Kier molecular flexibility index (Phi) is 8.80. The molecule has 160 valence electrons. The van der Waals surface area contributed by atoms with Gasteiger partial charge in [0.05, 0.1) is 5.57 Å². The molecule has 0 aromatic heterocycles. The molecule has 2 aliphatic rings. The topological polar surface area (TPSA) is 72.5 Å². The van der Waals surface area contributed by atoms with Gasteiger partial charge in [-0.15, -0.1) is 0 Å². The van der Waals surface area contributed by atoms with Crippen molar-refractivity contribution in [3.63, 3.8) is 0 Å². The maximum absolute atomic E-state index is 11.9. The largest absolute Gasteiger partial charge is 0.444 e. The lowest BCUT2D eigenvalue weighted by atomic mass is 9.63. The molecular formula is C24H35NO4. The van der Waals surface area contributed by atoms with Crippen LogP contribution in [0.2, 0.25) is 0 Å². The Morgan fingerprint density at radius 3 is 2.03 bits per heavy atom. The van der Waals surface area contributed by atoms with Gasteiger partial charge in [-0.2, -0.15) is 0 Å². The number of ether oxygens (including phenoxy) is 1. The molecule has 5 nitrogen and oxygen atoms in total. The van der Waals surface area contributed by atoms with Gasteiger partial charge in [-0.1, -0.05) is 43.5 Å². The Morgan fingerprint density at radius 2 is 1.66 bits per heavy atom. The van der Waals surface area contributed by atoms with Crippen LogP contribution < -0.4 is 5.32 Å². The van der Waals surface area contributed by atoms with Gasteiger partial charge in [0.25, 0.3) is 0 Å². The average Bonchev–Trinajstić information content (AvgIpc) is 2.61. The van der Waals surface area contributed by atoms with Crippen LogP contribution in [0.25, 0.3) is 0 Å². The van der Waals surface area contributed by atoms with Crippen molar-refractivity contribution in [2.24, 2.45) is 5.41 Å². The normalized spacial score (nSPS) is 19.9. The van der Waals surface area contributed by atoms with Crippen molar-refractivity contribution in [1.82, 2.24) is 5.32 Å². The molecule has 0 radical (unpaired) electrons. The van der Waals surface area contributed by atoms with E-state index in [-0.39, 0.29) is 28.6 Å². The molecule has 2 saturated carbocycles. The van der Waals surface area contributed by atoms with E-state index in [0.29, 0.717) is 12.8 Å². The van der Waals surface area contributed by atoms with E-state index in [0.717, 1.165) is 31.3 Å². The summed E-state index contributed by atoms with van der Waals surface area (Å²) in [5, 5.41) is 2.88. The summed E-state index contributed by atoms with van der Waals surface area (Å²) in [6, 6.07) is 0.0517. The molecular weight excluding hydrogens is 366 g/mol. The standard InChI is InChI=1S/C17H25NO4.C7H10/c1-11-13(19)9-17(10-14(11)20)7-5-12(6-8-17)18-15(21)22-16(2,3)4;1-4-6-7(3)5-2/h12H,1,5-10H2,2-4H3,(H,18,21);4-6H,1-2H2,3H3/b;7-6-. The van der Waals surface area contributed by atoms with E-state index < -0.39 is 11.7 Å². The van der Waals surface area contributed by atoms with Crippen molar-refractivity contribution in [1.29, 1.82) is 0 Å². The number of rotatable bonds is 3. The second-order valence-electron chi connectivity index (χ2n) is 8.95. The molecule has 2 rings (SSSR count). The van der Waals surface area contributed by atoms with Gasteiger partial charge >= 0.3 is 6.09 Å². The Bertz CT molecular complexity index is 679. The molecule has 0 aromatic carbocycles. The number of alkyl carbamates (subject to hydrolysis) is 1. The van der Waals surface area contributed by atoms with Crippen LogP contribution in [0.1, 0.15) is 66.2 Å². The zero-order chi connectivity index (χ0) is 22.2. The third kappa shape index (κ3) is 8.22. The predicted octanol–water partition coefficient (Wildman–Crippen LogP) is 5.23. The van der Waals surface area contributed by atoms with Gasteiger partial charge in [-0.05, 0) is 58.8 Å². The zero-order valence-electron chi connectivity index (χ0n) is 18.3. The first-order valence-corrected chi connectivity index (χ1v) is 10.1. The number of amides is 1. The van der Waals surface area contributed by atoms with Crippen LogP contribution in [-0.4, -0.2) is 29.3 Å². The molecule has 2 fully saturated rings. The number of hydrogen-bond donors (Lipinski definition) is 1. The Balaban J connectivity index is 0.000000516. The van der Waals surface area contributed by atoms with Crippen molar-refractivity contribution in [2.45, 2.75) is 77.9 Å². The molecule has 1 N–H and O–H groups in total. The Hall–Kier alpha value is -2.43. The zero-order valence-corrected chi connectivity index (χ0v) is 18.3. The molecule has 2 aliphatic carbocycles. The summed E-state index contributed by atoms with van der Waals surface area (Å²) in [7, 11) is 0. The molecule has 0 bridgehead atoms. The van der Waals surface area contributed by atoms with Crippen molar-refractivity contribution in [2.75, 3.05) is 0 Å². The van der Waals surface area contributed by atoms with E-state index >= 15 is 0 Å². The van der Waals surface area contributed by atoms with Crippen LogP contribution in [0.3, 0.4) is 0 Å². The van der Waals surface area contributed by atoms with E-state index in [4.69, 9.17) is 4.74 Å². The molecule has 5 heteroatoms. The van der Waals surface area contributed by atoms with Crippen molar-refractivity contribution in [3.05, 3.63) is 49.1 Å². The minimum Gasteiger partial charge on any atom is -0.444 e. The van der Waals surface area contributed by atoms with Gasteiger partial charge in [-0.3, -0.25) is 9.59 Å². The number of carbonyl (C=O) groups is 3. The lowest BCUT2D eigenvalue weighted by molar-refractivity contribution is -0.129. The molecule has 0 heterocycles. The summed E-state index contributed by atoms with van der Waals surface area (Å²) in [4.78, 5) is 35.6. The SMILES string of the molecule is C=C/C=C(/C)C=C.C=C1C(=O)CC2(CCC(NC(=O)OC(C)(C)C)CC2)CC1=O. The monoisotopic (exact) mass is 401 g/mol. The molecule has 0 atom stereocenters. The summed E-state index contributed by atoms with van der Waals surface area (Å²) in [6.07, 6.45) is 8.96. The summed E-state index contributed by atoms with van der Waals surface area (Å²) in [6.45, 7) is 18.1. The van der Waals surface area contributed by atoms with Gasteiger partial charge in [0, 0.05) is 18.9 Å². The fourth-order valence-corrected chi connectivity index (χ4v) is 3.57. The van der Waals surface area contributed by atoms with E-state index in [1.165, 1.54) is 0 Å². The van der Waals surface area contributed by atoms with Gasteiger partial charge in [0.15, 0.2) is 11.6 Å². The molecule has 1 spiro atoms. The molecule has 29 heavy (non-hydrogen) atoms. The van der Waals surface area contributed by atoms with Crippen LogP contribution in [0.5, 0.6) is 0 Å². The molecule has 1 amide bonds. The van der Waals surface area contributed by atoms with Gasteiger partial charge in [-0.25, -0.2) is 4.79 Å². The van der Waals surface area contributed by atoms with E-state index in [1.54, 1.807) is 12.2 Å². The lowest BCUT2D eigenvalue weighted by Crippen LogP contribution is -2.45. The van der Waals surface area contributed by atoms with Gasteiger partial charge in [0.2, 0.25) is 0 Å². The number of ketones is 2. The van der Waals surface area contributed by atoms with E-state index in [9.17, 15) is 14.4 Å². The second kappa shape index (κ2) is 10.4. The number of carbonyl (C=O) groups excluding carboxylic acids is 3. The van der Waals surface area contributed by atoms with Crippen LogP contribution in [-0.2, 0) is 14.3 Å². The Morgan fingerprint density at radius 1 is 1.14 bits per heavy atom. The van der Waals surface area contributed by atoms with Crippen LogP contribution in [0.15, 0.2) is 49.1 Å². The van der Waals surface area contributed by atoms with E-state index in [1.807, 2.05) is 33.8 Å². The van der Waals surface area contributed by atoms with Gasteiger partial charge in [0.1, 0.15) is 5.60 Å². The first kappa shape index (κ1) is 24.6.